The van der Waals surface area contributed by atoms with Crippen LogP contribution < -0.4 is 10.6 Å². The molecule has 20 heavy (non-hydrogen) atoms. The third-order valence-corrected chi connectivity index (χ3v) is 5.17. The van der Waals surface area contributed by atoms with Crippen molar-refractivity contribution in [3.63, 3.8) is 0 Å². The van der Waals surface area contributed by atoms with Gasteiger partial charge in [0.05, 0.1) is 5.56 Å². The smallest absolute Gasteiger partial charge is 0.147 e. The molecule has 0 radical (unpaired) electrons. The first kappa shape index (κ1) is 12.2. The van der Waals surface area contributed by atoms with Gasteiger partial charge in [0, 0.05) is 23.8 Å². The number of rotatable bonds is 1. The second-order valence-corrected chi connectivity index (χ2v) is 6.45. The van der Waals surface area contributed by atoms with Crippen molar-refractivity contribution in [3.8, 4) is 6.07 Å². The van der Waals surface area contributed by atoms with Crippen molar-refractivity contribution in [2.45, 2.75) is 63.1 Å². The Morgan fingerprint density at radius 1 is 1.25 bits per heavy atom. The summed E-state index contributed by atoms with van der Waals surface area (Å²) in [6, 6.07) is 5.75. The first-order valence-corrected chi connectivity index (χ1v) is 7.73. The van der Waals surface area contributed by atoms with Gasteiger partial charge in [0.15, 0.2) is 0 Å². The lowest BCUT2D eigenvalue weighted by molar-refractivity contribution is 0.411. The monoisotopic (exact) mass is 268 g/mol. The number of hydrogen-bond donors (Lipinski definition) is 1. The molecule has 2 N–H and O–H groups in total. The zero-order valence-corrected chi connectivity index (χ0v) is 11.7. The summed E-state index contributed by atoms with van der Waals surface area (Å²) in [5.41, 5.74) is 9.41. The Kier molecular flexibility index (Phi) is 2.71. The summed E-state index contributed by atoms with van der Waals surface area (Å²) in [4.78, 5) is 7.29. The normalized spacial score (nSPS) is 31.2. The molecule has 4 heteroatoms. The number of piperidine rings is 1. The van der Waals surface area contributed by atoms with Gasteiger partial charge in [0.2, 0.25) is 0 Å². The number of aryl methyl sites for hydroxylation is 2. The lowest BCUT2D eigenvalue weighted by atomic mass is 9.97. The first-order valence-electron chi connectivity index (χ1n) is 7.73. The quantitative estimate of drug-likeness (QED) is 0.845. The van der Waals surface area contributed by atoms with E-state index in [4.69, 9.17) is 10.7 Å². The molecule has 0 amide bonds. The van der Waals surface area contributed by atoms with Crippen LogP contribution in [-0.4, -0.2) is 23.1 Å². The van der Waals surface area contributed by atoms with Crippen molar-refractivity contribution in [1.29, 1.82) is 5.26 Å². The molecule has 1 aromatic rings. The minimum Gasteiger partial charge on any atom is -0.349 e. The van der Waals surface area contributed by atoms with E-state index < -0.39 is 0 Å². The van der Waals surface area contributed by atoms with Gasteiger partial charge in [-0.25, -0.2) is 4.98 Å². The Labute approximate surface area is 119 Å². The molecule has 0 aromatic carbocycles. The van der Waals surface area contributed by atoms with Crippen LogP contribution in [0, 0.1) is 11.3 Å². The molecular formula is C16H20N4. The lowest BCUT2D eigenvalue weighted by Crippen LogP contribution is -2.48. The van der Waals surface area contributed by atoms with Gasteiger partial charge in [0.1, 0.15) is 11.9 Å². The van der Waals surface area contributed by atoms with Crippen LogP contribution in [0.3, 0.4) is 0 Å². The highest BCUT2D eigenvalue weighted by atomic mass is 15.3. The molecule has 2 bridgehead atoms. The average Bonchev–Trinajstić information content (AvgIpc) is 2.99. The molecule has 1 aliphatic carbocycles. The van der Waals surface area contributed by atoms with E-state index in [9.17, 15) is 5.26 Å². The van der Waals surface area contributed by atoms with Crippen LogP contribution in [0.1, 0.15) is 48.9 Å². The zero-order chi connectivity index (χ0) is 13.7. The summed E-state index contributed by atoms with van der Waals surface area (Å²) in [5.74, 6) is 0.938. The topological polar surface area (TPSA) is 65.9 Å². The standard InChI is InChI=1S/C16H20N4/c17-9-11-6-10-2-1-3-15(10)19-16(11)20-13-4-5-14(20)8-12(18)7-13/h6,12-14H,1-5,7-8,18H2. The van der Waals surface area contributed by atoms with E-state index in [1.165, 1.54) is 30.5 Å². The molecule has 104 valence electrons. The SMILES string of the molecule is N#Cc1cc2c(nc1N1C3CCC1CC(N)C3)CCC2. The minimum absolute atomic E-state index is 0.323. The molecule has 2 unspecified atom stereocenters. The summed E-state index contributed by atoms with van der Waals surface area (Å²) in [5, 5.41) is 9.48. The number of nitriles is 1. The molecular weight excluding hydrogens is 248 g/mol. The molecule has 3 aliphatic rings. The molecule has 0 saturated carbocycles. The van der Waals surface area contributed by atoms with Crippen molar-refractivity contribution in [2.75, 3.05) is 4.90 Å². The molecule has 4 rings (SSSR count). The molecule has 2 atom stereocenters. The number of nitrogens with two attached hydrogens (primary N) is 1. The third kappa shape index (κ3) is 1.73. The first-order chi connectivity index (χ1) is 9.76. The lowest BCUT2D eigenvalue weighted by Gasteiger charge is -2.39. The molecule has 3 heterocycles. The van der Waals surface area contributed by atoms with Crippen LogP contribution in [0.15, 0.2) is 6.07 Å². The summed E-state index contributed by atoms with van der Waals surface area (Å²) < 4.78 is 0. The van der Waals surface area contributed by atoms with Crippen molar-refractivity contribution >= 4 is 5.82 Å². The second-order valence-electron chi connectivity index (χ2n) is 6.45. The fraction of sp³-hybridized carbons (Fsp3) is 0.625. The highest BCUT2D eigenvalue weighted by Gasteiger charge is 2.41. The van der Waals surface area contributed by atoms with E-state index in [1.54, 1.807) is 0 Å². The second kappa shape index (κ2) is 4.46. The fourth-order valence-corrected chi connectivity index (χ4v) is 4.31. The van der Waals surface area contributed by atoms with Gasteiger partial charge in [0.25, 0.3) is 0 Å². The Hall–Kier alpha value is -1.60. The number of fused-ring (bicyclic) bond motifs is 3. The molecule has 2 saturated heterocycles. The van der Waals surface area contributed by atoms with Crippen LogP contribution >= 0.6 is 0 Å². The van der Waals surface area contributed by atoms with Crippen LogP contribution in [0.2, 0.25) is 0 Å². The largest absolute Gasteiger partial charge is 0.349 e. The third-order valence-electron chi connectivity index (χ3n) is 5.17. The summed E-state index contributed by atoms with van der Waals surface area (Å²) >= 11 is 0. The number of pyridine rings is 1. The molecule has 4 nitrogen and oxygen atoms in total. The predicted molar refractivity (Wildman–Crippen MR) is 77.5 cm³/mol. The zero-order valence-electron chi connectivity index (χ0n) is 11.7. The van der Waals surface area contributed by atoms with Gasteiger partial charge in [-0.05, 0) is 56.6 Å². The molecule has 2 aliphatic heterocycles. The highest BCUT2D eigenvalue weighted by Crippen LogP contribution is 2.40. The van der Waals surface area contributed by atoms with E-state index in [2.05, 4.69) is 17.0 Å². The fourth-order valence-electron chi connectivity index (χ4n) is 4.31. The van der Waals surface area contributed by atoms with Gasteiger partial charge in [-0.2, -0.15) is 5.26 Å². The van der Waals surface area contributed by atoms with Crippen LogP contribution in [0.4, 0.5) is 5.82 Å². The summed E-state index contributed by atoms with van der Waals surface area (Å²) in [6.07, 6.45) is 7.80. The summed E-state index contributed by atoms with van der Waals surface area (Å²) in [7, 11) is 0. The Bertz CT molecular complexity index is 575. The minimum atomic E-state index is 0.323. The maximum atomic E-state index is 9.48. The Morgan fingerprint density at radius 3 is 2.70 bits per heavy atom. The predicted octanol–water partition coefficient (Wildman–Crippen LogP) is 1.90. The van der Waals surface area contributed by atoms with E-state index in [0.29, 0.717) is 18.1 Å². The average molecular weight is 268 g/mol. The van der Waals surface area contributed by atoms with Crippen LogP contribution in [0.5, 0.6) is 0 Å². The van der Waals surface area contributed by atoms with Gasteiger partial charge in [-0.15, -0.1) is 0 Å². The number of aromatic nitrogens is 1. The van der Waals surface area contributed by atoms with Crippen LogP contribution in [0.25, 0.3) is 0 Å². The maximum Gasteiger partial charge on any atom is 0.147 e. The van der Waals surface area contributed by atoms with E-state index in [1.807, 2.05) is 0 Å². The van der Waals surface area contributed by atoms with Gasteiger partial charge in [-0.1, -0.05) is 0 Å². The van der Waals surface area contributed by atoms with Gasteiger partial charge >= 0.3 is 0 Å². The summed E-state index contributed by atoms with van der Waals surface area (Å²) in [6.45, 7) is 0. The molecule has 1 aromatic heterocycles. The Morgan fingerprint density at radius 2 is 2.00 bits per heavy atom. The van der Waals surface area contributed by atoms with Gasteiger partial charge < -0.3 is 10.6 Å². The van der Waals surface area contributed by atoms with Gasteiger partial charge in [-0.3, -0.25) is 0 Å². The Balaban J connectivity index is 1.77. The van der Waals surface area contributed by atoms with Crippen molar-refractivity contribution in [1.82, 2.24) is 4.98 Å². The highest BCUT2D eigenvalue weighted by molar-refractivity contribution is 5.59. The van der Waals surface area contributed by atoms with E-state index >= 15 is 0 Å². The number of anilines is 1. The number of nitrogens with zero attached hydrogens (tertiary/aromatic N) is 3. The van der Waals surface area contributed by atoms with E-state index in [-0.39, 0.29) is 0 Å². The number of hydrogen-bond acceptors (Lipinski definition) is 4. The van der Waals surface area contributed by atoms with Crippen LogP contribution in [-0.2, 0) is 12.8 Å². The van der Waals surface area contributed by atoms with Crippen molar-refractivity contribution in [2.24, 2.45) is 5.73 Å². The molecule has 2 fully saturated rings. The molecule has 0 spiro atoms. The van der Waals surface area contributed by atoms with Crippen molar-refractivity contribution in [3.05, 3.63) is 22.9 Å². The maximum absolute atomic E-state index is 9.48. The van der Waals surface area contributed by atoms with E-state index in [0.717, 1.165) is 37.1 Å². The van der Waals surface area contributed by atoms with Crippen molar-refractivity contribution < 1.29 is 0 Å².